The van der Waals surface area contributed by atoms with Crippen LogP contribution in [0, 0.1) is 0 Å². The quantitative estimate of drug-likeness (QED) is 0.538. The van der Waals surface area contributed by atoms with E-state index in [1.165, 1.54) is 0 Å². The molecule has 0 amide bonds. The first-order valence-corrected chi connectivity index (χ1v) is 7.77. The van der Waals surface area contributed by atoms with Crippen molar-refractivity contribution in [3.8, 4) is 0 Å². The van der Waals surface area contributed by atoms with Crippen LogP contribution in [0.4, 0.5) is 0 Å². The van der Waals surface area contributed by atoms with Crippen molar-refractivity contribution in [1.29, 1.82) is 0 Å². The van der Waals surface area contributed by atoms with Crippen molar-refractivity contribution >= 4 is 5.78 Å². The summed E-state index contributed by atoms with van der Waals surface area (Å²) in [5.74, 6) is -0.0464. The molecular weight excluding hydrogens is 280 g/mol. The maximum absolute atomic E-state index is 12.3. The highest BCUT2D eigenvalue weighted by Crippen LogP contribution is 2.14. The molecule has 0 spiro atoms. The Labute approximate surface area is 133 Å². The molecule has 1 unspecified atom stereocenters. The molecule has 1 rings (SSSR count). The SMILES string of the molecule is CCOC(C)O[C@@H](C)C(=O)c1ccc(COC(C)(C)C)cc1. The Bertz CT molecular complexity index is 459. The van der Waals surface area contributed by atoms with Crippen LogP contribution in [-0.2, 0) is 20.8 Å². The van der Waals surface area contributed by atoms with Crippen LogP contribution in [0.1, 0.15) is 57.5 Å². The summed E-state index contributed by atoms with van der Waals surface area (Å²) in [5.41, 5.74) is 1.50. The molecular formula is C18H28O4. The Balaban J connectivity index is 2.60. The molecule has 0 saturated carbocycles. The summed E-state index contributed by atoms with van der Waals surface area (Å²) >= 11 is 0. The molecule has 0 N–H and O–H groups in total. The number of ether oxygens (including phenoxy) is 3. The maximum atomic E-state index is 12.3. The zero-order valence-electron chi connectivity index (χ0n) is 14.5. The van der Waals surface area contributed by atoms with Gasteiger partial charge in [-0.15, -0.1) is 0 Å². The highest BCUT2D eigenvalue weighted by atomic mass is 16.7. The summed E-state index contributed by atoms with van der Waals surface area (Å²) in [4.78, 5) is 12.3. The highest BCUT2D eigenvalue weighted by molar-refractivity contribution is 5.99. The molecule has 22 heavy (non-hydrogen) atoms. The molecule has 0 aliphatic carbocycles. The van der Waals surface area contributed by atoms with Gasteiger partial charge in [-0.3, -0.25) is 4.79 Å². The van der Waals surface area contributed by atoms with Crippen LogP contribution in [0.25, 0.3) is 0 Å². The van der Waals surface area contributed by atoms with Crippen molar-refractivity contribution < 1.29 is 19.0 Å². The Morgan fingerprint density at radius 3 is 2.23 bits per heavy atom. The lowest BCUT2D eigenvalue weighted by Gasteiger charge is -2.20. The van der Waals surface area contributed by atoms with Gasteiger partial charge in [0.25, 0.3) is 0 Å². The molecule has 0 bridgehead atoms. The van der Waals surface area contributed by atoms with E-state index in [9.17, 15) is 4.79 Å². The van der Waals surface area contributed by atoms with Gasteiger partial charge >= 0.3 is 0 Å². The van der Waals surface area contributed by atoms with Crippen molar-refractivity contribution in [2.45, 2.75) is 66.1 Å². The van der Waals surface area contributed by atoms with E-state index in [1.54, 1.807) is 13.8 Å². The molecule has 0 radical (unpaired) electrons. The second kappa shape index (κ2) is 8.42. The number of carbonyl (C=O) groups excluding carboxylic acids is 1. The van der Waals surface area contributed by atoms with E-state index < -0.39 is 6.10 Å². The van der Waals surface area contributed by atoms with Crippen molar-refractivity contribution in [2.24, 2.45) is 0 Å². The summed E-state index contributed by atoms with van der Waals surface area (Å²) < 4.78 is 16.5. The number of hydrogen-bond donors (Lipinski definition) is 0. The summed E-state index contributed by atoms with van der Waals surface area (Å²) in [6.45, 7) is 12.6. The summed E-state index contributed by atoms with van der Waals surface area (Å²) in [6.07, 6.45) is -0.915. The lowest BCUT2D eigenvalue weighted by atomic mass is 10.1. The van der Waals surface area contributed by atoms with Crippen LogP contribution in [-0.4, -0.2) is 30.4 Å². The minimum absolute atomic E-state index is 0.0464. The molecule has 0 fully saturated rings. The van der Waals surface area contributed by atoms with Gasteiger partial charge in [-0.25, -0.2) is 0 Å². The molecule has 124 valence electrons. The third-order valence-electron chi connectivity index (χ3n) is 3.08. The molecule has 2 atom stereocenters. The number of ketones is 1. The van der Waals surface area contributed by atoms with E-state index in [0.29, 0.717) is 18.8 Å². The second-order valence-corrected chi connectivity index (χ2v) is 6.26. The Morgan fingerprint density at radius 2 is 1.73 bits per heavy atom. The van der Waals surface area contributed by atoms with Crippen LogP contribution < -0.4 is 0 Å². The molecule has 0 aliphatic rings. The summed E-state index contributed by atoms with van der Waals surface area (Å²) in [6, 6.07) is 7.46. The largest absolute Gasteiger partial charge is 0.371 e. The molecule has 0 saturated heterocycles. The van der Waals surface area contributed by atoms with Crippen molar-refractivity contribution in [1.82, 2.24) is 0 Å². The second-order valence-electron chi connectivity index (χ2n) is 6.26. The van der Waals surface area contributed by atoms with Crippen molar-refractivity contribution in [2.75, 3.05) is 6.61 Å². The molecule has 1 aromatic rings. The van der Waals surface area contributed by atoms with Crippen LogP contribution in [0.3, 0.4) is 0 Å². The number of rotatable bonds is 8. The Morgan fingerprint density at radius 1 is 1.14 bits per heavy atom. The average molecular weight is 308 g/mol. The minimum atomic E-state index is -0.529. The molecule has 0 heterocycles. The molecule has 0 aromatic heterocycles. The topological polar surface area (TPSA) is 44.8 Å². The van der Waals surface area contributed by atoms with E-state index in [0.717, 1.165) is 5.56 Å². The fourth-order valence-electron chi connectivity index (χ4n) is 1.92. The van der Waals surface area contributed by atoms with E-state index in [4.69, 9.17) is 14.2 Å². The van der Waals surface area contributed by atoms with Gasteiger partial charge in [0, 0.05) is 12.2 Å². The third-order valence-corrected chi connectivity index (χ3v) is 3.08. The van der Waals surface area contributed by atoms with Crippen LogP contribution in [0.15, 0.2) is 24.3 Å². The average Bonchev–Trinajstić information content (AvgIpc) is 2.44. The first-order chi connectivity index (χ1) is 10.2. The number of carbonyl (C=O) groups is 1. The van der Waals surface area contributed by atoms with Crippen molar-refractivity contribution in [3.63, 3.8) is 0 Å². The van der Waals surface area contributed by atoms with Gasteiger partial charge in [-0.05, 0) is 47.1 Å². The lowest BCUT2D eigenvalue weighted by molar-refractivity contribution is -0.142. The molecule has 1 aromatic carbocycles. The molecule has 4 heteroatoms. The van der Waals surface area contributed by atoms with E-state index in [1.807, 2.05) is 52.0 Å². The minimum Gasteiger partial charge on any atom is -0.371 e. The predicted octanol–water partition coefficient (Wildman–Crippen LogP) is 3.97. The Hall–Kier alpha value is -1.23. The van der Waals surface area contributed by atoms with Gasteiger partial charge in [0.05, 0.1) is 12.2 Å². The van der Waals surface area contributed by atoms with Gasteiger partial charge in [0.1, 0.15) is 6.10 Å². The predicted molar refractivity (Wildman–Crippen MR) is 86.9 cm³/mol. The zero-order chi connectivity index (χ0) is 16.8. The lowest BCUT2D eigenvalue weighted by Crippen LogP contribution is -2.27. The first-order valence-electron chi connectivity index (χ1n) is 7.77. The van der Waals surface area contributed by atoms with Gasteiger partial charge in [0.2, 0.25) is 0 Å². The van der Waals surface area contributed by atoms with E-state index in [-0.39, 0.29) is 17.7 Å². The van der Waals surface area contributed by atoms with Gasteiger partial charge < -0.3 is 14.2 Å². The van der Waals surface area contributed by atoms with Gasteiger partial charge in [-0.2, -0.15) is 0 Å². The normalized spacial score (nSPS) is 14.6. The van der Waals surface area contributed by atoms with Gasteiger partial charge in [-0.1, -0.05) is 24.3 Å². The standard InChI is InChI=1S/C18H28O4/c1-7-20-14(3)22-13(2)17(19)16-10-8-15(9-11-16)12-21-18(4,5)6/h8-11,13-14H,7,12H2,1-6H3/t13-,14?/m0/s1. The zero-order valence-corrected chi connectivity index (χ0v) is 14.5. The molecule has 0 aliphatic heterocycles. The number of Topliss-reactive ketones (excluding diaryl/α,β-unsaturated/α-hetero) is 1. The third kappa shape index (κ3) is 6.69. The summed E-state index contributed by atoms with van der Waals surface area (Å²) in [5, 5.41) is 0. The van der Waals surface area contributed by atoms with Gasteiger partial charge in [0.15, 0.2) is 12.1 Å². The van der Waals surface area contributed by atoms with E-state index in [2.05, 4.69) is 0 Å². The monoisotopic (exact) mass is 308 g/mol. The summed E-state index contributed by atoms with van der Waals surface area (Å²) in [7, 11) is 0. The molecule has 4 nitrogen and oxygen atoms in total. The number of benzene rings is 1. The first kappa shape index (κ1) is 18.8. The maximum Gasteiger partial charge on any atom is 0.191 e. The van der Waals surface area contributed by atoms with Crippen LogP contribution in [0.5, 0.6) is 0 Å². The van der Waals surface area contributed by atoms with Crippen molar-refractivity contribution in [3.05, 3.63) is 35.4 Å². The smallest absolute Gasteiger partial charge is 0.191 e. The fraction of sp³-hybridized carbons (Fsp3) is 0.611. The fourth-order valence-corrected chi connectivity index (χ4v) is 1.92. The van der Waals surface area contributed by atoms with E-state index >= 15 is 0 Å². The Kier molecular flexibility index (Phi) is 7.20. The highest BCUT2D eigenvalue weighted by Gasteiger charge is 2.18. The van der Waals surface area contributed by atoms with Crippen LogP contribution >= 0.6 is 0 Å². The number of hydrogen-bond acceptors (Lipinski definition) is 4. The van der Waals surface area contributed by atoms with Crippen LogP contribution in [0.2, 0.25) is 0 Å².